The van der Waals surface area contributed by atoms with E-state index in [-0.39, 0.29) is 18.1 Å². The lowest BCUT2D eigenvalue weighted by atomic mass is 9.76. The van der Waals surface area contributed by atoms with Crippen molar-refractivity contribution in [3.05, 3.63) is 63.4 Å². The van der Waals surface area contributed by atoms with E-state index in [0.29, 0.717) is 25.5 Å². The maximum atomic E-state index is 13.1. The van der Waals surface area contributed by atoms with E-state index < -0.39 is 29.8 Å². The van der Waals surface area contributed by atoms with Gasteiger partial charge >= 0.3 is 24.3 Å². The summed E-state index contributed by atoms with van der Waals surface area (Å²) in [5.41, 5.74) is 8.92. The van der Waals surface area contributed by atoms with Crippen LogP contribution in [0.1, 0.15) is 50.8 Å². The Morgan fingerprint density at radius 3 is 2.40 bits per heavy atom. The summed E-state index contributed by atoms with van der Waals surface area (Å²) in [6.07, 6.45) is -4.24. The quantitative estimate of drug-likeness (QED) is 0.348. The zero-order chi connectivity index (χ0) is 30.0. The highest BCUT2D eigenvalue weighted by Gasteiger charge is 2.43. The number of ether oxygens (including phenoxy) is 2. The molecule has 3 N–H and O–H groups in total. The lowest BCUT2D eigenvalue weighted by Gasteiger charge is -2.33. The number of aromatic nitrogens is 2. The van der Waals surface area contributed by atoms with Gasteiger partial charge in [0.1, 0.15) is 12.6 Å². The Labute approximate surface area is 226 Å². The summed E-state index contributed by atoms with van der Waals surface area (Å²) in [5, 5.41) is 8.93. The molecule has 10 nitrogen and oxygen atoms in total. The maximum Gasteiger partial charge on any atom is 0.575 e. The first-order valence-electron chi connectivity index (χ1n) is 12.2. The van der Waals surface area contributed by atoms with Gasteiger partial charge in [-0.05, 0) is 44.0 Å². The topological polar surface area (TPSA) is 151 Å². The monoisotopic (exact) mass is 563 g/mol. The van der Waals surface area contributed by atoms with Crippen LogP contribution in [0.4, 0.5) is 13.2 Å². The molecule has 1 aromatic carbocycles. The smallest absolute Gasteiger partial charge is 0.480 e. The first kappa shape index (κ1) is 30.3. The maximum absolute atomic E-state index is 13.1. The number of fused-ring (bicyclic) bond motifs is 5. The van der Waals surface area contributed by atoms with Crippen LogP contribution in [0.3, 0.4) is 0 Å². The van der Waals surface area contributed by atoms with E-state index in [1.54, 1.807) is 4.57 Å². The number of para-hydroxylation sites is 1. The molecule has 5 rings (SSSR count). The minimum absolute atomic E-state index is 0.0502. The third-order valence-electron chi connectivity index (χ3n) is 6.52. The number of rotatable bonds is 2. The largest absolute Gasteiger partial charge is 0.575 e. The molecule has 214 valence electrons. The van der Waals surface area contributed by atoms with Crippen molar-refractivity contribution in [1.82, 2.24) is 9.55 Å². The number of esters is 2. The summed E-state index contributed by atoms with van der Waals surface area (Å²) in [4.78, 5) is 49.4. The lowest BCUT2D eigenvalue weighted by Crippen LogP contribution is -2.42. The fourth-order valence-corrected chi connectivity index (χ4v) is 4.25. The molecule has 2 aromatic heterocycles. The molecule has 40 heavy (non-hydrogen) atoms. The van der Waals surface area contributed by atoms with Crippen LogP contribution in [0.2, 0.25) is 0 Å². The summed E-state index contributed by atoms with van der Waals surface area (Å²) in [7, 11) is 0. The molecular formula is C27H28F3N3O7. The Hall–Kier alpha value is -4.26. The molecule has 0 spiro atoms. The van der Waals surface area contributed by atoms with E-state index in [9.17, 15) is 32.3 Å². The zero-order valence-corrected chi connectivity index (χ0v) is 22.2. The molecule has 2 aliphatic rings. The van der Waals surface area contributed by atoms with Gasteiger partial charge in [-0.3, -0.25) is 19.2 Å². The molecule has 4 heterocycles. The van der Waals surface area contributed by atoms with Crippen molar-refractivity contribution in [2.75, 3.05) is 0 Å². The number of cyclic esters (lactones) is 1. The van der Waals surface area contributed by atoms with Crippen molar-refractivity contribution in [2.45, 2.75) is 65.1 Å². The van der Waals surface area contributed by atoms with Gasteiger partial charge in [0.2, 0.25) is 0 Å². The second-order valence-corrected chi connectivity index (χ2v) is 9.43. The van der Waals surface area contributed by atoms with Gasteiger partial charge in [-0.25, -0.2) is 4.98 Å². The van der Waals surface area contributed by atoms with E-state index in [1.165, 1.54) is 6.92 Å². The Morgan fingerprint density at radius 1 is 1.25 bits per heavy atom. The molecule has 2 aliphatic heterocycles. The normalized spacial score (nSPS) is 17.6. The van der Waals surface area contributed by atoms with Gasteiger partial charge in [-0.15, -0.1) is 13.2 Å². The zero-order valence-electron chi connectivity index (χ0n) is 22.2. The van der Waals surface area contributed by atoms with Crippen LogP contribution < -0.4 is 11.3 Å². The number of aliphatic carboxylic acids is 1. The predicted octanol–water partition coefficient (Wildman–Crippen LogP) is 3.64. The third kappa shape index (κ3) is 6.30. The number of carbonyl (C=O) groups excluding carboxylic acids is 2. The summed E-state index contributed by atoms with van der Waals surface area (Å²) in [6.45, 7) is 6.46. The number of nitrogens with zero attached hydrogens (tertiary/aromatic N) is 2. The van der Waals surface area contributed by atoms with Crippen LogP contribution in [0, 0.1) is 0 Å². The Balaban J connectivity index is 0.000000263. The molecular weight excluding hydrogens is 535 g/mol. The highest BCUT2D eigenvalue weighted by Crippen LogP contribution is 2.39. The average Bonchev–Trinajstić information content (AvgIpc) is 3.22. The van der Waals surface area contributed by atoms with Crippen molar-refractivity contribution in [1.29, 1.82) is 0 Å². The van der Waals surface area contributed by atoms with Gasteiger partial charge in [0.05, 0.1) is 34.4 Å². The van der Waals surface area contributed by atoms with Gasteiger partial charge in [0, 0.05) is 17.9 Å². The SMILES string of the molecule is CC(=O)OC(F)(F)F.CC(N)C(=O)O.CC[C@@]1(C)C(=O)OCc2c1cc1n(c2=O)Cc2cc3ccccc3nc2-1. The first-order chi connectivity index (χ1) is 18.6. The number of carboxylic acids is 1. The van der Waals surface area contributed by atoms with Gasteiger partial charge in [0.25, 0.3) is 5.56 Å². The number of nitrogens with two attached hydrogens (primary N) is 1. The number of halogens is 3. The van der Waals surface area contributed by atoms with E-state index in [4.69, 9.17) is 20.6 Å². The molecule has 0 bridgehead atoms. The molecule has 0 aliphatic carbocycles. The molecule has 1 unspecified atom stereocenters. The molecule has 0 saturated carbocycles. The molecule has 0 amide bonds. The Bertz CT molecular complexity index is 1530. The number of benzene rings is 1. The molecule has 0 saturated heterocycles. The van der Waals surface area contributed by atoms with E-state index in [1.807, 2.05) is 44.2 Å². The summed E-state index contributed by atoms with van der Waals surface area (Å²) in [6, 6.07) is 11.3. The standard InChI is InChI=1S/C21H18N2O3.C3H3F3O2.C3H7NO2/c1-3-21(2)15-9-17-18-13(8-12-6-4-5-7-16(12)22-18)10-23(17)19(24)14(15)11-26-20(21)25;1-2(7)8-3(4,5)6;1-2(4)3(5)6/h4-9H,3,10-11H2,1-2H3;1H3;2H,4H2,1H3,(H,5,6)/t21-;;/m1../s1. The van der Waals surface area contributed by atoms with E-state index in [0.717, 1.165) is 33.4 Å². The highest BCUT2D eigenvalue weighted by molar-refractivity contribution is 5.87. The fourth-order valence-electron chi connectivity index (χ4n) is 4.25. The minimum atomic E-state index is -4.83. The Morgan fingerprint density at radius 2 is 1.88 bits per heavy atom. The second-order valence-electron chi connectivity index (χ2n) is 9.43. The molecule has 13 heteroatoms. The van der Waals surface area contributed by atoms with E-state index in [2.05, 4.69) is 10.8 Å². The Kier molecular flexibility index (Phi) is 8.68. The van der Waals surface area contributed by atoms with Crippen molar-refractivity contribution in [3.8, 4) is 11.4 Å². The fraction of sp³-hybridized carbons (Fsp3) is 0.370. The van der Waals surface area contributed by atoms with Crippen LogP contribution in [0.25, 0.3) is 22.3 Å². The van der Waals surface area contributed by atoms with Crippen molar-refractivity contribution in [3.63, 3.8) is 0 Å². The lowest BCUT2D eigenvalue weighted by molar-refractivity contribution is -0.304. The van der Waals surface area contributed by atoms with Crippen LogP contribution in [-0.4, -0.2) is 45.0 Å². The number of carboxylic acid groups (broad SMARTS) is 1. The second kappa shape index (κ2) is 11.5. The third-order valence-corrected chi connectivity index (χ3v) is 6.52. The van der Waals surface area contributed by atoms with Crippen LogP contribution in [0.5, 0.6) is 0 Å². The summed E-state index contributed by atoms with van der Waals surface area (Å²) < 4.78 is 42.5. The minimum Gasteiger partial charge on any atom is -0.480 e. The molecule has 0 radical (unpaired) electrons. The number of carbonyl (C=O) groups is 3. The number of alkyl halides is 3. The molecule has 3 aromatic rings. The molecule has 2 atom stereocenters. The van der Waals surface area contributed by atoms with Crippen LogP contribution in [-0.2, 0) is 42.4 Å². The first-order valence-corrected chi connectivity index (χ1v) is 12.2. The number of hydrogen-bond acceptors (Lipinski definition) is 8. The molecule has 0 fully saturated rings. The average molecular weight is 564 g/mol. The van der Waals surface area contributed by atoms with Crippen LogP contribution in [0.15, 0.2) is 41.2 Å². The van der Waals surface area contributed by atoms with Crippen molar-refractivity contribution >= 4 is 28.8 Å². The number of pyridine rings is 2. The van der Waals surface area contributed by atoms with Crippen molar-refractivity contribution < 1.29 is 42.1 Å². The van der Waals surface area contributed by atoms with E-state index >= 15 is 0 Å². The van der Waals surface area contributed by atoms with Crippen molar-refractivity contribution in [2.24, 2.45) is 5.73 Å². The van der Waals surface area contributed by atoms with Gasteiger partial charge < -0.3 is 24.9 Å². The summed E-state index contributed by atoms with van der Waals surface area (Å²) >= 11 is 0. The predicted molar refractivity (Wildman–Crippen MR) is 137 cm³/mol. The number of hydrogen-bond donors (Lipinski definition) is 2. The van der Waals surface area contributed by atoms with Gasteiger partial charge in [-0.1, -0.05) is 25.1 Å². The van der Waals surface area contributed by atoms with Gasteiger partial charge in [0.15, 0.2) is 0 Å². The van der Waals surface area contributed by atoms with Crippen LogP contribution >= 0.6 is 0 Å². The summed E-state index contributed by atoms with van der Waals surface area (Å²) in [5.74, 6) is -2.57. The highest BCUT2D eigenvalue weighted by atomic mass is 19.4. The van der Waals surface area contributed by atoms with Gasteiger partial charge in [-0.2, -0.15) is 0 Å².